The molecule has 3 rings (SSSR count). The third kappa shape index (κ3) is 3.34. The van der Waals surface area contributed by atoms with Gasteiger partial charge in [0.2, 0.25) is 0 Å². The highest BCUT2D eigenvalue weighted by atomic mass is 32.1. The normalized spacial score (nSPS) is 15.3. The van der Waals surface area contributed by atoms with Gasteiger partial charge in [-0.25, -0.2) is 0 Å². The molecule has 2 aromatic rings. The molecule has 120 valence electrons. The average Bonchev–Trinajstić information content (AvgIpc) is 2.94. The van der Waals surface area contributed by atoms with Crippen molar-refractivity contribution >= 4 is 27.9 Å². The lowest BCUT2D eigenvalue weighted by Gasteiger charge is -2.22. The fourth-order valence-corrected chi connectivity index (χ4v) is 3.68. The maximum absolute atomic E-state index is 12.5. The van der Waals surface area contributed by atoms with Crippen molar-refractivity contribution in [3.63, 3.8) is 0 Å². The van der Waals surface area contributed by atoms with E-state index in [-0.39, 0.29) is 16.5 Å². The Morgan fingerprint density at radius 1 is 1.09 bits per heavy atom. The predicted molar refractivity (Wildman–Crippen MR) is 90.1 cm³/mol. The van der Waals surface area contributed by atoms with Crippen molar-refractivity contribution < 1.29 is 9.72 Å². The van der Waals surface area contributed by atoms with Crippen LogP contribution in [-0.4, -0.2) is 41.9 Å². The minimum Gasteiger partial charge on any atom is -0.356 e. The smallest absolute Gasteiger partial charge is 0.303 e. The minimum absolute atomic E-state index is 0.0214. The molecule has 1 aliphatic rings. The number of carbonyl (C=O) groups excluding carboxylic acids is 1. The van der Waals surface area contributed by atoms with E-state index >= 15 is 0 Å². The molecule has 0 radical (unpaired) electrons. The van der Waals surface area contributed by atoms with Crippen LogP contribution < -0.4 is 4.90 Å². The number of nitrogens with zero attached hydrogens (tertiary/aromatic N) is 3. The molecule has 2 heterocycles. The van der Waals surface area contributed by atoms with E-state index in [0.29, 0.717) is 30.2 Å². The Kier molecular flexibility index (Phi) is 4.57. The molecule has 0 unspecified atom stereocenters. The van der Waals surface area contributed by atoms with E-state index < -0.39 is 0 Å². The zero-order valence-electron chi connectivity index (χ0n) is 12.6. The molecule has 0 aliphatic carbocycles. The fraction of sp³-hybridized carbons (Fsp3) is 0.312. The third-order valence-electron chi connectivity index (χ3n) is 3.91. The van der Waals surface area contributed by atoms with Crippen molar-refractivity contribution in [1.82, 2.24) is 4.90 Å². The van der Waals surface area contributed by atoms with Crippen LogP contribution in [0.1, 0.15) is 16.8 Å². The van der Waals surface area contributed by atoms with Crippen LogP contribution in [0.3, 0.4) is 0 Å². The van der Waals surface area contributed by atoms with Gasteiger partial charge in [0.25, 0.3) is 5.91 Å². The zero-order chi connectivity index (χ0) is 16.2. The topological polar surface area (TPSA) is 66.7 Å². The van der Waals surface area contributed by atoms with Crippen LogP contribution in [0.25, 0.3) is 0 Å². The van der Waals surface area contributed by atoms with Crippen LogP contribution in [0.4, 0.5) is 10.7 Å². The molecular weight excluding hydrogens is 314 g/mol. The van der Waals surface area contributed by atoms with Crippen molar-refractivity contribution in [3.8, 4) is 0 Å². The summed E-state index contributed by atoms with van der Waals surface area (Å²) in [7, 11) is 0. The van der Waals surface area contributed by atoms with Gasteiger partial charge in [0, 0.05) is 37.8 Å². The molecule has 0 N–H and O–H groups in total. The van der Waals surface area contributed by atoms with E-state index in [9.17, 15) is 14.9 Å². The van der Waals surface area contributed by atoms with Crippen LogP contribution >= 0.6 is 11.3 Å². The number of hydrogen-bond donors (Lipinski definition) is 0. The number of carbonyl (C=O) groups is 1. The monoisotopic (exact) mass is 331 g/mol. The number of anilines is 1. The van der Waals surface area contributed by atoms with Crippen molar-refractivity contribution in [2.75, 3.05) is 31.1 Å². The second-order valence-electron chi connectivity index (χ2n) is 5.37. The van der Waals surface area contributed by atoms with E-state index in [1.165, 1.54) is 17.4 Å². The molecule has 1 amide bonds. The van der Waals surface area contributed by atoms with Gasteiger partial charge >= 0.3 is 5.69 Å². The first-order valence-electron chi connectivity index (χ1n) is 7.48. The predicted octanol–water partition coefficient (Wildman–Crippen LogP) is 3.01. The summed E-state index contributed by atoms with van der Waals surface area (Å²) >= 11 is 1.38. The Labute approximate surface area is 138 Å². The van der Waals surface area contributed by atoms with Crippen LogP contribution in [-0.2, 0) is 0 Å². The zero-order valence-corrected chi connectivity index (χ0v) is 13.4. The lowest BCUT2D eigenvalue weighted by atomic mass is 10.2. The van der Waals surface area contributed by atoms with Gasteiger partial charge in [-0.05, 0) is 23.9 Å². The molecule has 1 aromatic heterocycles. The fourth-order valence-electron chi connectivity index (χ4n) is 2.76. The molecule has 1 aliphatic heterocycles. The Balaban J connectivity index is 1.71. The summed E-state index contributed by atoms with van der Waals surface area (Å²) in [5.41, 5.74) is 0.834. The number of hydrogen-bond acceptors (Lipinski definition) is 5. The quantitative estimate of drug-likeness (QED) is 0.640. The standard InChI is InChI=1S/C16H17N3O3S/c20-15(13-5-2-1-3-6-13)17-8-4-9-18(11-10-17)16-14(19(21)22)7-12-23-16/h1-3,5-7,12H,4,8-11H2. The first-order chi connectivity index (χ1) is 11.2. The maximum atomic E-state index is 12.5. The summed E-state index contributed by atoms with van der Waals surface area (Å²) in [6, 6.07) is 10.8. The van der Waals surface area contributed by atoms with Gasteiger partial charge < -0.3 is 9.80 Å². The SMILES string of the molecule is O=C(c1ccccc1)N1CCCN(c2sccc2[N+](=O)[O-])CC1. The Morgan fingerprint density at radius 2 is 1.87 bits per heavy atom. The molecule has 1 fully saturated rings. The third-order valence-corrected chi connectivity index (χ3v) is 4.88. The number of rotatable bonds is 3. The van der Waals surface area contributed by atoms with E-state index in [0.717, 1.165) is 13.0 Å². The molecule has 0 spiro atoms. The first kappa shape index (κ1) is 15.5. The van der Waals surface area contributed by atoms with Crippen LogP contribution in [0, 0.1) is 10.1 Å². The van der Waals surface area contributed by atoms with Crippen molar-refractivity contribution in [2.24, 2.45) is 0 Å². The molecule has 0 atom stereocenters. The Hall–Kier alpha value is -2.41. The van der Waals surface area contributed by atoms with Crippen molar-refractivity contribution in [2.45, 2.75) is 6.42 Å². The first-order valence-corrected chi connectivity index (χ1v) is 8.36. The average molecular weight is 331 g/mol. The van der Waals surface area contributed by atoms with Crippen molar-refractivity contribution in [3.05, 3.63) is 57.5 Å². The molecule has 0 bridgehead atoms. The summed E-state index contributed by atoms with van der Waals surface area (Å²) in [5.74, 6) is 0.0214. The van der Waals surface area contributed by atoms with E-state index in [1.54, 1.807) is 5.38 Å². The van der Waals surface area contributed by atoms with Crippen LogP contribution in [0.2, 0.25) is 0 Å². The van der Waals surface area contributed by atoms with E-state index in [4.69, 9.17) is 0 Å². The molecule has 23 heavy (non-hydrogen) atoms. The number of thiophene rings is 1. The van der Waals surface area contributed by atoms with Gasteiger partial charge in [0.05, 0.1) is 4.92 Å². The molecule has 1 saturated heterocycles. The largest absolute Gasteiger partial charge is 0.356 e. The molecular formula is C16H17N3O3S. The van der Waals surface area contributed by atoms with E-state index in [2.05, 4.69) is 0 Å². The summed E-state index contributed by atoms with van der Waals surface area (Å²) < 4.78 is 0. The highest BCUT2D eigenvalue weighted by molar-refractivity contribution is 7.14. The Morgan fingerprint density at radius 3 is 2.61 bits per heavy atom. The summed E-state index contributed by atoms with van der Waals surface area (Å²) in [6.45, 7) is 2.58. The molecule has 0 saturated carbocycles. The van der Waals surface area contributed by atoms with Crippen LogP contribution in [0.5, 0.6) is 0 Å². The summed E-state index contributed by atoms with van der Waals surface area (Å²) in [5, 5.41) is 13.5. The van der Waals surface area contributed by atoms with Gasteiger partial charge in [-0.15, -0.1) is 11.3 Å². The van der Waals surface area contributed by atoms with Gasteiger partial charge in [-0.3, -0.25) is 14.9 Å². The second-order valence-corrected chi connectivity index (χ2v) is 6.26. The van der Waals surface area contributed by atoms with Gasteiger partial charge in [-0.1, -0.05) is 18.2 Å². The lowest BCUT2D eigenvalue weighted by Crippen LogP contribution is -2.35. The van der Waals surface area contributed by atoms with Gasteiger partial charge in [0.1, 0.15) is 0 Å². The lowest BCUT2D eigenvalue weighted by molar-refractivity contribution is -0.383. The number of benzene rings is 1. The highest BCUT2D eigenvalue weighted by Gasteiger charge is 2.25. The van der Waals surface area contributed by atoms with Crippen LogP contribution in [0.15, 0.2) is 41.8 Å². The summed E-state index contributed by atoms with van der Waals surface area (Å²) in [4.78, 5) is 27.1. The number of nitro groups is 1. The summed E-state index contributed by atoms with van der Waals surface area (Å²) in [6.07, 6.45) is 0.799. The Bertz CT molecular complexity index is 702. The number of amides is 1. The van der Waals surface area contributed by atoms with Crippen molar-refractivity contribution in [1.29, 1.82) is 0 Å². The minimum atomic E-state index is -0.344. The second kappa shape index (κ2) is 6.78. The highest BCUT2D eigenvalue weighted by Crippen LogP contribution is 2.34. The molecule has 7 heteroatoms. The van der Waals surface area contributed by atoms with Gasteiger partial charge in [-0.2, -0.15) is 0 Å². The van der Waals surface area contributed by atoms with Gasteiger partial charge in [0.15, 0.2) is 5.00 Å². The molecule has 6 nitrogen and oxygen atoms in total. The maximum Gasteiger partial charge on any atom is 0.303 e. The van der Waals surface area contributed by atoms with E-state index in [1.807, 2.05) is 40.1 Å². The molecule has 1 aromatic carbocycles.